The zero-order valence-corrected chi connectivity index (χ0v) is 6.83. The molecule has 3 aliphatic rings. The first-order chi connectivity index (χ1) is 5.40. The summed E-state index contributed by atoms with van der Waals surface area (Å²) in [6, 6.07) is 0. The molecule has 3 heteroatoms. The summed E-state index contributed by atoms with van der Waals surface area (Å²) in [6.07, 6.45) is 2.71. The zero-order valence-electron chi connectivity index (χ0n) is 6.83. The number of hydrogen-bond donors (Lipinski definition) is 1. The lowest BCUT2D eigenvalue weighted by Gasteiger charge is -2.44. The molecule has 11 heavy (non-hydrogen) atoms. The standard InChI is InChI=1S/C8H16N2O/c9-11-6-8-5-10-3-1-7(8)2-4-10/h7-8H,1-6,9H2/t8-/m0/s1. The van der Waals surface area contributed by atoms with Gasteiger partial charge in [-0.15, -0.1) is 0 Å². The summed E-state index contributed by atoms with van der Waals surface area (Å²) in [6.45, 7) is 4.56. The van der Waals surface area contributed by atoms with Gasteiger partial charge in [0.05, 0.1) is 6.61 Å². The molecule has 0 aromatic rings. The number of nitrogens with two attached hydrogens (primary N) is 1. The Kier molecular flexibility index (Phi) is 2.11. The Morgan fingerprint density at radius 3 is 2.55 bits per heavy atom. The molecule has 0 aliphatic carbocycles. The molecule has 0 spiro atoms. The van der Waals surface area contributed by atoms with Gasteiger partial charge in [0.15, 0.2) is 0 Å². The van der Waals surface area contributed by atoms with Crippen LogP contribution in [0.3, 0.4) is 0 Å². The maximum absolute atomic E-state index is 5.07. The van der Waals surface area contributed by atoms with Crippen LogP contribution in [0.15, 0.2) is 0 Å². The maximum atomic E-state index is 5.07. The van der Waals surface area contributed by atoms with E-state index < -0.39 is 0 Å². The molecule has 3 heterocycles. The summed E-state index contributed by atoms with van der Waals surface area (Å²) in [5.74, 6) is 6.68. The van der Waals surface area contributed by atoms with Crippen molar-refractivity contribution in [1.82, 2.24) is 4.90 Å². The quantitative estimate of drug-likeness (QED) is 0.581. The highest BCUT2D eigenvalue weighted by Crippen LogP contribution is 2.31. The Morgan fingerprint density at radius 1 is 1.36 bits per heavy atom. The summed E-state index contributed by atoms with van der Waals surface area (Å²) < 4.78 is 0. The Morgan fingerprint density at radius 2 is 2.09 bits per heavy atom. The van der Waals surface area contributed by atoms with Gasteiger partial charge in [-0.05, 0) is 37.8 Å². The normalized spacial score (nSPS) is 42.8. The number of rotatable bonds is 2. The van der Waals surface area contributed by atoms with Crippen molar-refractivity contribution in [2.45, 2.75) is 12.8 Å². The van der Waals surface area contributed by atoms with Crippen LogP contribution >= 0.6 is 0 Å². The molecule has 3 nitrogen and oxygen atoms in total. The molecule has 0 radical (unpaired) electrons. The second-order valence-corrected chi connectivity index (χ2v) is 3.73. The first-order valence-corrected chi connectivity index (χ1v) is 4.44. The van der Waals surface area contributed by atoms with Crippen LogP contribution in [0.5, 0.6) is 0 Å². The van der Waals surface area contributed by atoms with Crippen molar-refractivity contribution in [3.63, 3.8) is 0 Å². The fourth-order valence-electron chi connectivity index (χ4n) is 2.40. The van der Waals surface area contributed by atoms with E-state index in [4.69, 9.17) is 10.7 Å². The number of hydrogen-bond acceptors (Lipinski definition) is 3. The number of nitrogens with zero attached hydrogens (tertiary/aromatic N) is 1. The molecule has 0 unspecified atom stereocenters. The van der Waals surface area contributed by atoms with Gasteiger partial charge in [0.1, 0.15) is 0 Å². The highest BCUT2D eigenvalue weighted by Gasteiger charge is 2.33. The number of piperidine rings is 3. The second kappa shape index (κ2) is 3.09. The highest BCUT2D eigenvalue weighted by atomic mass is 16.6. The summed E-state index contributed by atoms with van der Waals surface area (Å²) in [5.41, 5.74) is 0. The Hall–Kier alpha value is -0.120. The maximum Gasteiger partial charge on any atom is 0.0722 e. The van der Waals surface area contributed by atoms with E-state index in [0.29, 0.717) is 5.92 Å². The van der Waals surface area contributed by atoms with E-state index in [1.807, 2.05) is 0 Å². The summed E-state index contributed by atoms with van der Waals surface area (Å²) in [7, 11) is 0. The molecule has 0 amide bonds. The molecule has 0 saturated carbocycles. The van der Waals surface area contributed by atoms with Crippen LogP contribution in [0, 0.1) is 11.8 Å². The SMILES string of the molecule is NOC[C@@H]1CN2CCC1CC2. The van der Waals surface area contributed by atoms with Crippen LogP contribution in [0.4, 0.5) is 0 Å². The van der Waals surface area contributed by atoms with Crippen molar-refractivity contribution in [3.05, 3.63) is 0 Å². The van der Waals surface area contributed by atoms with Gasteiger partial charge in [0.2, 0.25) is 0 Å². The molecule has 3 rings (SSSR count). The van der Waals surface area contributed by atoms with Crippen molar-refractivity contribution in [2.75, 3.05) is 26.2 Å². The monoisotopic (exact) mass is 156 g/mol. The smallest absolute Gasteiger partial charge is 0.0722 e. The Bertz CT molecular complexity index is 132. The largest absolute Gasteiger partial charge is 0.304 e. The van der Waals surface area contributed by atoms with Gasteiger partial charge in [-0.3, -0.25) is 0 Å². The van der Waals surface area contributed by atoms with E-state index in [9.17, 15) is 0 Å². The van der Waals surface area contributed by atoms with Crippen LogP contribution in [-0.4, -0.2) is 31.1 Å². The molecular formula is C8H16N2O. The van der Waals surface area contributed by atoms with Gasteiger partial charge in [-0.1, -0.05) is 0 Å². The lowest BCUT2D eigenvalue weighted by Crippen LogP contribution is -2.49. The Balaban J connectivity index is 1.92. The molecule has 2 bridgehead atoms. The number of fused-ring (bicyclic) bond motifs is 3. The molecule has 3 saturated heterocycles. The van der Waals surface area contributed by atoms with Crippen molar-refractivity contribution >= 4 is 0 Å². The fraction of sp³-hybridized carbons (Fsp3) is 1.00. The lowest BCUT2D eigenvalue weighted by molar-refractivity contribution is -0.00766. The predicted molar refractivity (Wildman–Crippen MR) is 42.8 cm³/mol. The predicted octanol–water partition coefficient (Wildman–Crippen LogP) is 0.218. The topological polar surface area (TPSA) is 38.5 Å². The average molecular weight is 156 g/mol. The summed E-state index contributed by atoms with van der Waals surface area (Å²) in [5, 5.41) is 0. The van der Waals surface area contributed by atoms with Gasteiger partial charge >= 0.3 is 0 Å². The van der Waals surface area contributed by atoms with Gasteiger partial charge < -0.3 is 9.74 Å². The van der Waals surface area contributed by atoms with Crippen LogP contribution in [0.1, 0.15) is 12.8 Å². The molecule has 2 N–H and O–H groups in total. The minimum absolute atomic E-state index is 0.711. The van der Waals surface area contributed by atoms with E-state index in [1.165, 1.54) is 32.5 Å². The van der Waals surface area contributed by atoms with Crippen molar-refractivity contribution < 1.29 is 4.84 Å². The highest BCUT2D eigenvalue weighted by molar-refractivity contribution is 4.86. The van der Waals surface area contributed by atoms with Gasteiger partial charge in [0, 0.05) is 6.54 Å². The van der Waals surface area contributed by atoms with Crippen molar-refractivity contribution in [1.29, 1.82) is 0 Å². The third-order valence-corrected chi connectivity index (χ3v) is 3.10. The minimum atomic E-state index is 0.711. The molecular weight excluding hydrogens is 140 g/mol. The third kappa shape index (κ3) is 1.41. The second-order valence-electron chi connectivity index (χ2n) is 3.73. The van der Waals surface area contributed by atoms with Crippen LogP contribution in [0.25, 0.3) is 0 Å². The first kappa shape index (κ1) is 7.53. The van der Waals surface area contributed by atoms with Crippen molar-refractivity contribution in [3.8, 4) is 0 Å². The van der Waals surface area contributed by atoms with E-state index in [-0.39, 0.29) is 0 Å². The minimum Gasteiger partial charge on any atom is -0.304 e. The van der Waals surface area contributed by atoms with Crippen LogP contribution in [0.2, 0.25) is 0 Å². The van der Waals surface area contributed by atoms with Crippen molar-refractivity contribution in [2.24, 2.45) is 17.7 Å². The van der Waals surface area contributed by atoms with E-state index in [0.717, 1.165) is 12.5 Å². The average Bonchev–Trinajstić information content (AvgIpc) is 2.07. The fourth-order valence-corrected chi connectivity index (χ4v) is 2.40. The zero-order chi connectivity index (χ0) is 7.68. The van der Waals surface area contributed by atoms with Gasteiger partial charge in [0.25, 0.3) is 0 Å². The third-order valence-electron chi connectivity index (χ3n) is 3.10. The van der Waals surface area contributed by atoms with E-state index in [2.05, 4.69) is 4.90 Å². The summed E-state index contributed by atoms with van der Waals surface area (Å²) in [4.78, 5) is 7.22. The molecule has 1 atom stereocenters. The van der Waals surface area contributed by atoms with E-state index >= 15 is 0 Å². The molecule has 0 aromatic carbocycles. The Labute approximate surface area is 67.4 Å². The first-order valence-electron chi connectivity index (χ1n) is 4.44. The lowest BCUT2D eigenvalue weighted by atomic mass is 9.80. The molecule has 0 aromatic heterocycles. The molecule has 64 valence electrons. The van der Waals surface area contributed by atoms with Gasteiger partial charge in [-0.25, -0.2) is 5.90 Å². The molecule has 3 aliphatic heterocycles. The van der Waals surface area contributed by atoms with Crippen LogP contribution < -0.4 is 5.90 Å². The molecule has 3 fully saturated rings. The summed E-state index contributed by atoms with van der Waals surface area (Å²) >= 11 is 0. The van der Waals surface area contributed by atoms with E-state index in [1.54, 1.807) is 0 Å². The van der Waals surface area contributed by atoms with Crippen LogP contribution in [-0.2, 0) is 4.84 Å². The van der Waals surface area contributed by atoms with Gasteiger partial charge in [-0.2, -0.15) is 0 Å².